The van der Waals surface area contributed by atoms with E-state index >= 15 is 0 Å². The van der Waals surface area contributed by atoms with Gasteiger partial charge in [-0.2, -0.15) is 0 Å². The van der Waals surface area contributed by atoms with Crippen LogP contribution in [0.1, 0.15) is 26.2 Å². The molecule has 0 radical (unpaired) electrons. The zero-order valence-corrected chi connectivity index (χ0v) is 12.9. The van der Waals surface area contributed by atoms with Gasteiger partial charge in [0.2, 0.25) is 15.9 Å². The van der Waals surface area contributed by atoms with Gasteiger partial charge in [0.1, 0.15) is 0 Å². The lowest BCUT2D eigenvalue weighted by molar-refractivity contribution is -0.114. The molecular weight excluding hydrogens is 290 g/mol. The molecule has 1 aliphatic heterocycles. The van der Waals surface area contributed by atoms with E-state index < -0.39 is 10.0 Å². The average molecular weight is 311 g/mol. The summed E-state index contributed by atoms with van der Waals surface area (Å²) in [7, 11) is -3.51. The van der Waals surface area contributed by atoms with E-state index in [1.54, 1.807) is 12.1 Å². The van der Waals surface area contributed by atoms with Crippen molar-refractivity contribution in [3.05, 3.63) is 24.3 Å². The van der Waals surface area contributed by atoms with Crippen molar-refractivity contribution < 1.29 is 13.2 Å². The number of nitrogens with one attached hydrogen (secondary N) is 3. The van der Waals surface area contributed by atoms with Crippen LogP contribution in [0.4, 0.5) is 5.69 Å². The van der Waals surface area contributed by atoms with Gasteiger partial charge < -0.3 is 10.6 Å². The van der Waals surface area contributed by atoms with Gasteiger partial charge in [-0.15, -0.1) is 0 Å². The molecule has 2 rings (SSSR count). The van der Waals surface area contributed by atoms with E-state index in [1.165, 1.54) is 19.1 Å². The number of carbonyl (C=O) groups is 1. The first-order valence-corrected chi connectivity index (χ1v) is 8.56. The topological polar surface area (TPSA) is 87.3 Å². The molecule has 0 aromatic heterocycles. The van der Waals surface area contributed by atoms with Crippen LogP contribution in [0, 0.1) is 0 Å². The van der Waals surface area contributed by atoms with Crippen molar-refractivity contribution in [2.24, 2.45) is 0 Å². The highest BCUT2D eigenvalue weighted by molar-refractivity contribution is 7.89. The SMILES string of the molecule is CC(=O)Nc1ccc(S(=O)(=O)NC2CCCNCC2)cc1. The summed E-state index contributed by atoms with van der Waals surface area (Å²) in [6, 6.07) is 6.15. The molecule has 7 heteroatoms. The van der Waals surface area contributed by atoms with Crippen LogP contribution in [-0.2, 0) is 14.8 Å². The van der Waals surface area contributed by atoms with Crippen LogP contribution < -0.4 is 15.4 Å². The van der Waals surface area contributed by atoms with Crippen LogP contribution in [0.3, 0.4) is 0 Å². The Hall–Kier alpha value is -1.44. The molecular formula is C14H21N3O3S. The van der Waals surface area contributed by atoms with Crippen LogP contribution in [0.25, 0.3) is 0 Å². The summed E-state index contributed by atoms with van der Waals surface area (Å²) in [6.45, 7) is 3.17. The highest BCUT2D eigenvalue weighted by Gasteiger charge is 2.20. The molecule has 21 heavy (non-hydrogen) atoms. The van der Waals surface area contributed by atoms with Gasteiger partial charge in [0, 0.05) is 18.7 Å². The molecule has 1 fully saturated rings. The fourth-order valence-electron chi connectivity index (χ4n) is 2.35. The molecule has 1 aromatic rings. The Bertz CT molecular complexity index is 576. The lowest BCUT2D eigenvalue weighted by Gasteiger charge is -2.16. The number of benzene rings is 1. The number of anilines is 1. The van der Waals surface area contributed by atoms with Gasteiger partial charge in [0.25, 0.3) is 0 Å². The molecule has 0 bridgehead atoms. The molecule has 1 heterocycles. The molecule has 0 saturated carbocycles. The summed E-state index contributed by atoms with van der Waals surface area (Å²) in [6.07, 6.45) is 2.61. The van der Waals surface area contributed by atoms with Gasteiger partial charge >= 0.3 is 0 Å². The lowest BCUT2D eigenvalue weighted by Crippen LogP contribution is -2.35. The maximum atomic E-state index is 12.3. The molecule has 116 valence electrons. The molecule has 0 spiro atoms. The van der Waals surface area contributed by atoms with Crippen LogP contribution >= 0.6 is 0 Å². The third-order valence-corrected chi connectivity index (χ3v) is 4.92. The Kier molecular flexibility index (Phi) is 5.33. The third kappa shape index (κ3) is 4.80. The summed E-state index contributed by atoms with van der Waals surface area (Å²) in [5.41, 5.74) is 0.583. The summed E-state index contributed by atoms with van der Waals surface area (Å²) in [5.74, 6) is -0.185. The zero-order chi connectivity index (χ0) is 15.3. The predicted octanol–water partition coefficient (Wildman–Crippen LogP) is 1.07. The molecule has 3 N–H and O–H groups in total. The molecule has 6 nitrogen and oxygen atoms in total. The molecule has 1 saturated heterocycles. The number of hydrogen-bond acceptors (Lipinski definition) is 4. The van der Waals surface area contributed by atoms with E-state index in [1.807, 2.05) is 0 Å². The van der Waals surface area contributed by atoms with Crippen LogP contribution in [-0.4, -0.2) is 33.5 Å². The first-order valence-electron chi connectivity index (χ1n) is 7.08. The van der Waals surface area contributed by atoms with Crippen LogP contribution in [0.5, 0.6) is 0 Å². The number of hydrogen-bond donors (Lipinski definition) is 3. The Morgan fingerprint density at radius 2 is 1.90 bits per heavy atom. The largest absolute Gasteiger partial charge is 0.326 e. The van der Waals surface area contributed by atoms with Crippen molar-refractivity contribution in [3.63, 3.8) is 0 Å². The third-order valence-electron chi connectivity index (χ3n) is 3.38. The monoisotopic (exact) mass is 311 g/mol. The minimum atomic E-state index is -3.51. The van der Waals surface area contributed by atoms with Crippen molar-refractivity contribution in [3.8, 4) is 0 Å². The van der Waals surface area contributed by atoms with E-state index in [4.69, 9.17) is 0 Å². The van der Waals surface area contributed by atoms with Gasteiger partial charge in [0.15, 0.2) is 0 Å². The second-order valence-electron chi connectivity index (χ2n) is 5.20. The fourth-order valence-corrected chi connectivity index (χ4v) is 3.65. The summed E-state index contributed by atoms with van der Waals surface area (Å²) in [5, 5.41) is 5.86. The summed E-state index contributed by atoms with van der Waals surface area (Å²) >= 11 is 0. The fraction of sp³-hybridized carbons (Fsp3) is 0.500. The number of amides is 1. The minimum Gasteiger partial charge on any atom is -0.326 e. The van der Waals surface area contributed by atoms with Gasteiger partial charge in [0.05, 0.1) is 4.90 Å². The van der Waals surface area contributed by atoms with E-state index in [0.29, 0.717) is 5.69 Å². The van der Waals surface area contributed by atoms with Crippen molar-refractivity contribution >= 4 is 21.6 Å². The van der Waals surface area contributed by atoms with Gasteiger partial charge in [-0.25, -0.2) is 13.1 Å². The Morgan fingerprint density at radius 1 is 1.19 bits per heavy atom. The average Bonchev–Trinajstić information content (AvgIpc) is 2.67. The van der Waals surface area contributed by atoms with E-state index in [9.17, 15) is 13.2 Å². The molecule has 0 aliphatic carbocycles. The van der Waals surface area contributed by atoms with Crippen molar-refractivity contribution in [1.82, 2.24) is 10.0 Å². The van der Waals surface area contributed by atoms with Crippen LogP contribution in [0.2, 0.25) is 0 Å². The smallest absolute Gasteiger partial charge is 0.240 e. The molecule has 1 unspecified atom stereocenters. The van der Waals surface area contributed by atoms with Crippen molar-refractivity contribution in [2.45, 2.75) is 37.1 Å². The number of rotatable bonds is 4. The molecule has 1 aromatic carbocycles. The maximum Gasteiger partial charge on any atom is 0.240 e. The second kappa shape index (κ2) is 7.02. The number of sulfonamides is 1. The Labute approximate surface area is 125 Å². The first kappa shape index (κ1) is 15.9. The van der Waals surface area contributed by atoms with Gasteiger partial charge in [-0.05, 0) is 56.6 Å². The minimum absolute atomic E-state index is 0.0278. The van der Waals surface area contributed by atoms with Crippen LogP contribution in [0.15, 0.2) is 29.2 Å². The molecule has 1 aliphatic rings. The predicted molar refractivity (Wildman–Crippen MR) is 81.6 cm³/mol. The zero-order valence-electron chi connectivity index (χ0n) is 12.1. The summed E-state index contributed by atoms with van der Waals surface area (Å²) < 4.78 is 27.4. The van der Waals surface area contributed by atoms with E-state index in [-0.39, 0.29) is 16.8 Å². The highest BCUT2D eigenvalue weighted by Crippen LogP contribution is 2.16. The van der Waals surface area contributed by atoms with Gasteiger partial charge in [-0.1, -0.05) is 0 Å². The standard InChI is InChI=1S/C14H21N3O3S/c1-11(18)16-12-4-6-14(7-5-12)21(19,20)17-13-3-2-9-15-10-8-13/h4-7,13,15,17H,2-3,8-10H2,1H3,(H,16,18). The highest BCUT2D eigenvalue weighted by atomic mass is 32.2. The second-order valence-corrected chi connectivity index (χ2v) is 6.92. The Morgan fingerprint density at radius 3 is 2.57 bits per heavy atom. The van der Waals surface area contributed by atoms with E-state index in [2.05, 4.69) is 15.4 Å². The Balaban J connectivity index is 2.06. The van der Waals surface area contributed by atoms with Gasteiger partial charge in [-0.3, -0.25) is 4.79 Å². The van der Waals surface area contributed by atoms with E-state index in [0.717, 1.165) is 32.4 Å². The molecule has 1 amide bonds. The number of carbonyl (C=O) groups excluding carboxylic acids is 1. The maximum absolute atomic E-state index is 12.3. The quantitative estimate of drug-likeness (QED) is 0.776. The summed E-state index contributed by atoms with van der Waals surface area (Å²) in [4.78, 5) is 11.2. The van der Waals surface area contributed by atoms with Crippen molar-refractivity contribution in [2.75, 3.05) is 18.4 Å². The van der Waals surface area contributed by atoms with Crippen molar-refractivity contribution in [1.29, 1.82) is 0 Å². The lowest BCUT2D eigenvalue weighted by atomic mass is 10.1. The molecule has 1 atom stereocenters. The first-order chi connectivity index (χ1) is 9.97. The normalized spacial score (nSPS) is 19.8.